The molecule has 20 heavy (non-hydrogen) atoms. The fourth-order valence-electron chi connectivity index (χ4n) is 2.61. The minimum Gasteiger partial charge on any atom is -0.492 e. The van der Waals surface area contributed by atoms with Crippen LogP contribution in [-0.2, 0) is 6.54 Å². The summed E-state index contributed by atoms with van der Waals surface area (Å²) in [6, 6.07) is 12.7. The van der Waals surface area contributed by atoms with Crippen LogP contribution in [0.5, 0.6) is 5.75 Å². The predicted molar refractivity (Wildman–Crippen MR) is 78.7 cm³/mol. The SMILES string of the molecule is c1nc2ccc(-c3ccc4c(c3)CNCCO4)cc2[nH]1. The van der Waals surface area contributed by atoms with Crippen LogP contribution in [0.1, 0.15) is 5.56 Å². The van der Waals surface area contributed by atoms with Gasteiger partial charge in [-0.25, -0.2) is 4.98 Å². The Morgan fingerprint density at radius 1 is 1.05 bits per heavy atom. The van der Waals surface area contributed by atoms with Crippen LogP contribution in [0, 0.1) is 0 Å². The van der Waals surface area contributed by atoms with Crippen LogP contribution in [0.25, 0.3) is 22.2 Å². The zero-order valence-electron chi connectivity index (χ0n) is 11.0. The molecule has 0 spiro atoms. The highest BCUT2D eigenvalue weighted by Gasteiger charge is 2.10. The molecule has 1 aromatic heterocycles. The Morgan fingerprint density at radius 2 is 1.95 bits per heavy atom. The highest BCUT2D eigenvalue weighted by atomic mass is 16.5. The average molecular weight is 265 g/mol. The van der Waals surface area contributed by atoms with Crippen molar-refractivity contribution in [3.05, 3.63) is 48.3 Å². The van der Waals surface area contributed by atoms with Crippen molar-refractivity contribution < 1.29 is 4.74 Å². The van der Waals surface area contributed by atoms with E-state index < -0.39 is 0 Å². The van der Waals surface area contributed by atoms with Crippen molar-refractivity contribution in [2.75, 3.05) is 13.2 Å². The van der Waals surface area contributed by atoms with Crippen LogP contribution < -0.4 is 10.1 Å². The Hall–Kier alpha value is -2.33. The van der Waals surface area contributed by atoms with Gasteiger partial charge >= 0.3 is 0 Å². The summed E-state index contributed by atoms with van der Waals surface area (Å²) in [5, 5.41) is 3.37. The van der Waals surface area contributed by atoms with E-state index in [4.69, 9.17) is 4.74 Å². The first-order valence-electron chi connectivity index (χ1n) is 6.80. The Balaban J connectivity index is 1.79. The molecule has 0 unspecified atom stereocenters. The largest absolute Gasteiger partial charge is 0.492 e. The van der Waals surface area contributed by atoms with E-state index in [1.165, 1.54) is 16.7 Å². The zero-order valence-corrected chi connectivity index (χ0v) is 11.0. The lowest BCUT2D eigenvalue weighted by molar-refractivity contribution is 0.326. The number of ether oxygens (including phenoxy) is 1. The highest BCUT2D eigenvalue weighted by Crippen LogP contribution is 2.29. The van der Waals surface area contributed by atoms with E-state index in [1.807, 2.05) is 6.07 Å². The second kappa shape index (κ2) is 4.65. The van der Waals surface area contributed by atoms with Gasteiger partial charge in [-0.2, -0.15) is 0 Å². The number of imidazole rings is 1. The molecule has 4 heteroatoms. The summed E-state index contributed by atoms with van der Waals surface area (Å²) in [5.74, 6) is 0.987. The number of aromatic amines is 1. The lowest BCUT2D eigenvalue weighted by Gasteiger charge is -2.09. The minimum absolute atomic E-state index is 0.729. The number of rotatable bonds is 1. The molecule has 2 aromatic carbocycles. The number of H-pyrrole nitrogens is 1. The van der Waals surface area contributed by atoms with Crippen LogP contribution in [0.4, 0.5) is 0 Å². The van der Waals surface area contributed by atoms with E-state index in [9.17, 15) is 0 Å². The van der Waals surface area contributed by atoms with Crippen LogP contribution in [0.2, 0.25) is 0 Å². The van der Waals surface area contributed by atoms with Gasteiger partial charge in [0.2, 0.25) is 0 Å². The summed E-state index contributed by atoms with van der Waals surface area (Å²) in [7, 11) is 0. The maximum Gasteiger partial charge on any atom is 0.123 e. The summed E-state index contributed by atoms with van der Waals surface area (Å²) in [6.45, 7) is 2.48. The molecule has 1 aliphatic heterocycles. The van der Waals surface area contributed by atoms with Crippen molar-refractivity contribution >= 4 is 11.0 Å². The van der Waals surface area contributed by atoms with Crippen LogP contribution in [0.15, 0.2) is 42.7 Å². The Kier molecular flexibility index (Phi) is 2.67. The highest BCUT2D eigenvalue weighted by molar-refractivity contribution is 5.81. The normalized spacial score (nSPS) is 14.6. The van der Waals surface area contributed by atoms with Gasteiger partial charge in [0.1, 0.15) is 12.4 Å². The Labute approximate surface area is 116 Å². The molecular weight excluding hydrogens is 250 g/mol. The molecule has 0 aliphatic carbocycles. The molecule has 3 aromatic rings. The van der Waals surface area contributed by atoms with E-state index in [-0.39, 0.29) is 0 Å². The van der Waals surface area contributed by atoms with E-state index in [2.05, 4.69) is 45.6 Å². The fourth-order valence-corrected chi connectivity index (χ4v) is 2.61. The topological polar surface area (TPSA) is 49.9 Å². The predicted octanol–water partition coefficient (Wildman–Crippen LogP) is 2.71. The monoisotopic (exact) mass is 265 g/mol. The van der Waals surface area contributed by atoms with Crippen LogP contribution >= 0.6 is 0 Å². The summed E-state index contributed by atoms with van der Waals surface area (Å²) >= 11 is 0. The number of hydrogen-bond donors (Lipinski definition) is 2. The van der Waals surface area contributed by atoms with Gasteiger partial charge in [0, 0.05) is 18.7 Å². The first-order chi connectivity index (χ1) is 9.90. The summed E-state index contributed by atoms with van der Waals surface area (Å²) in [5.41, 5.74) is 5.66. The second-order valence-corrected chi connectivity index (χ2v) is 4.98. The van der Waals surface area contributed by atoms with E-state index in [0.29, 0.717) is 0 Å². The molecule has 0 saturated carbocycles. The molecule has 0 saturated heterocycles. The van der Waals surface area contributed by atoms with Crippen molar-refractivity contribution in [3.63, 3.8) is 0 Å². The molecule has 0 atom stereocenters. The molecule has 4 nitrogen and oxygen atoms in total. The summed E-state index contributed by atoms with van der Waals surface area (Å²) in [6.07, 6.45) is 1.73. The number of nitrogens with zero attached hydrogens (tertiary/aromatic N) is 1. The molecule has 0 fully saturated rings. The number of hydrogen-bond acceptors (Lipinski definition) is 3. The Morgan fingerprint density at radius 3 is 2.95 bits per heavy atom. The molecule has 1 aliphatic rings. The van der Waals surface area contributed by atoms with Gasteiger partial charge in [-0.15, -0.1) is 0 Å². The Bertz CT molecular complexity index is 763. The minimum atomic E-state index is 0.729. The molecule has 100 valence electrons. The van der Waals surface area contributed by atoms with Gasteiger partial charge in [0.15, 0.2) is 0 Å². The van der Waals surface area contributed by atoms with Crippen LogP contribution in [-0.4, -0.2) is 23.1 Å². The molecule has 4 rings (SSSR count). The first kappa shape index (κ1) is 11.5. The van der Waals surface area contributed by atoms with Gasteiger partial charge in [0.25, 0.3) is 0 Å². The number of benzene rings is 2. The van der Waals surface area contributed by atoms with Gasteiger partial charge in [0.05, 0.1) is 17.4 Å². The molecule has 0 amide bonds. The van der Waals surface area contributed by atoms with Gasteiger partial charge in [-0.3, -0.25) is 0 Å². The first-order valence-corrected chi connectivity index (χ1v) is 6.80. The summed E-state index contributed by atoms with van der Waals surface area (Å²) < 4.78 is 5.72. The smallest absolute Gasteiger partial charge is 0.123 e. The molecule has 2 N–H and O–H groups in total. The second-order valence-electron chi connectivity index (χ2n) is 4.98. The van der Waals surface area contributed by atoms with E-state index in [1.54, 1.807) is 6.33 Å². The lowest BCUT2D eigenvalue weighted by Crippen LogP contribution is -2.16. The molecule has 0 bridgehead atoms. The average Bonchev–Trinajstić information content (AvgIpc) is 2.83. The van der Waals surface area contributed by atoms with Crippen LogP contribution in [0.3, 0.4) is 0 Å². The third kappa shape index (κ3) is 1.94. The van der Waals surface area contributed by atoms with Crippen molar-refractivity contribution in [3.8, 4) is 16.9 Å². The number of nitrogens with one attached hydrogen (secondary N) is 2. The molecular formula is C16H15N3O. The third-order valence-corrected chi connectivity index (χ3v) is 3.67. The fraction of sp³-hybridized carbons (Fsp3) is 0.188. The summed E-state index contributed by atoms with van der Waals surface area (Å²) in [4.78, 5) is 7.40. The molecule has 0 radical (unpaired) electrons. The maximum absolute atomic E-state index is 5.72. The quantitative estimate of drug-likeness (QED) is 0.711. The van der Waals surface area contributed by atoms with E-state index >= 15 is 0 Å². The van der Waals surface area contributed by atoms with E-state index in [0.717, 1.165) is 36.5 Å². The van der Waals surface area contributed by atoms with Crippen molar-refractivity contribution in [1.29, 1.82) is 0 Å². The van der Waals surface area contributed by atoms with Gasteiger partial charge in [-0.05, 0) is 35.4 Å². The van der Waals surface area contributed by atoms with Gasteiger partial charge in [-0.1, -0.05) is 12.1 Å². The lowest BCUT2D eigenvalue weighted by atomic mass is 10.0. The zero-order chi connectivity index (χ0) is 13.4. The number of fused-ring (bicyclic) bond motifs is 2. The molecule has 2 heterocycles. The standard InChI is InChI=1S/C16H15N3O/c1-3-14-15(19-10-18-14)8-12(1)11-2-4-16-13(7-11)9-17-5-6-20-16/h1-4,7-8,10,17H,5-6,9H2,(H,18,19). The van der Waals surface area contributed by atoms with Crippen molar-refractivity contribution in [1.82, 2.24) is 15.3 Å². The maximum atomic E-state index is 5.72. The van der Waals surface area contributed by atoms with Gasteiger partial charge < -0.3 is 15.0 Å². The van der Waals surface area contributed by atoms with Crippen molar-refractivity contribution in [2.45, 2.75) is 6.54 Å². The van der Waals surface area contributed by atoms with Crippen molar-refractivity contribution in [2.24, 2.45) is 0 Å². The number of aromatic nitrogens is 2. The third-order valence-electron chi connectivity index (χ3n) is 3.67.